The average molecular weight is 344 g/mol. The van der Waals surface area contributed by atoms with Gasteiger partial charge in [-0.1, -0.05) is 18.2 Å². The van der Waals surface area contributed by atoms with Gasteiger partial charge in [0.1, 0.15) is 18.2 Å². The van der Waals surface area contributed by atoms with Crippen LogP contribution in [-0.2, 0) is 6.61 Å². The van der Waals surface area contributed by atoms with Crippen LogP contribution in [0.15, 0.2) is 48.5 Å². The summed E-state index contributed by atoms with van der Waals surface area (Å²) in [6, 6.07) is 13.0. The van der Waals surface area contributed by atoms with Gasteiger partial charge < -0.3 is 20.1 Å². The van der Waals surface area contributed by atoms with E-state index in [4.69, 9.17) is 4.74 Å². The number of ether oxygens (including phenoxy) is 1. The molecule has 2 N–H and O–H groups in total. The lowest BCUT2D eigenvalue weighted by Crippen LogP contribution is -2.44. The molecule has 1 heterocycles. The first-order valence-corrected chi connectivity index (χ1v) is 8.31. The van der Waals surface area contributed by atoms with Crippen molar-refractivity contribution < 1.29 is 19.0 Å². The monoisotopic (exact) mass is 344 g/mol. The molecule has 1 aliphatic heterocycles. The van der Waals surface area contributed by atoms with Crippen molar-refractivity contribution in [1.29, 1.82) is 0 Å². The predicted octanol–water partition coefficient (Wildman–Crippen LogP) is 3.39. The van der Waals surface area contributed by atoms with Crippen molar-refractivity contribution in [2.45, 2.75) is 25.6 Å². The van der Waals surface area contributed by atoms with Crippen molar-refractivity contribution >= 4 is 11.7 Å². The number of hydrogen-bond donors (Lipinski definition) is 2. The number of halogens is 1. The zero-order valence-electron chi connectivity index (χ0n) is 13.8. The Balaban J connectivity index is 1.57. The molecule has 1 atom stereocenters. The van der Waals surface area contributed by atoms with E-state index in [9.17, 15) is 14.3 Å². The van der Waals surface area contributed by atoms with E-state index in [1.165, 1.54) is 12.1 Å². The van der Waals surface area contributed by atoms with Gasteiger partial charge in [0, 0.05) is 24.8 Å². The highest BCUT2D eigenvalue weighted by atomic mass is 19.1. The van der Waals surface area contributed by atoms with Crippen LogP contribution in [0.2, 0.25) is 0 Å². The summed E-state index contributed by atoms with van der Waals surface area (Å²) >= 11 is 0. The summed E-state index contributed by atoms with van der Waals surface area (Å²) in [5.74, 6) is 0.331. The fraction of sp³-hybridized carbons (Fsp3) is 0.316. The third-order valence-electron chi connectivity index (χ3n) is 4.09. The number of amides is 2. The van der Waals surface area contributed by atoms with Gasteiger partial charge in [-0.05, 0) is 42.7 Å². The van der Waals surface area contributed by atoms with Crippen molar-refractivity contribution in [3.8, 4) is 5.75 Å². The number of anilines is 1. The van der Waals surface area contributed by atoms with Crippen LogP contribution in [0.25, 0.3) is 0 Å². The number of nitrogens with one attached hydrogen (secondary N) is 1. The molecule has 6 heteroatoms. The summed E-state index contributed by atoms with van der Waals surface area (Å²) in [6.45, 7) is 1.31. The molecule has 0 saturated carbocycles. The van der Waals surface area contributed by atoms with E-state index in [2.05, 4.69) is 5.32 Å². The van der Waals surface area contributed by atoms with Crippen LogP contribution in [0, 0.1) is 5.82 Å². The van der Waals surface area contributed by atoms with Crippen LogP contribution in [-0.4, -0.2) is 35.2 Å². The molecule has 3 rings (SSSR count). The van der Waals surface area contributed by atoms with Crippen molar-refractivity contribution in [2.75, 3.05) is 18.4 Å². The molecule has 1 saturated heterocycles. The largest absolute Gasteiger partial charge is 0.489 e. The summed E-state index contributed by atoms with van der Waals surface area (Å²) in [6.07, 6.45) is 1.08. The van der Waals surface area contributed by atoms with Gasteiger partial charge in [0.15, 0.2) is 0 Å². The standard InChI is InChI=1S/C19H21FN2O3/c20-15-8-6-14(7-9-15)13-25-18-5-1-3-16(11-18)21-19(24)22-10-2-4-17(23)12-22/h1,3,5-9,11,17,23H,2,4,10,12-13H2,(H,21,24). The van der Waals surface area contributed by atoms with Gasteiger partial charge in [-0.15, -0.1) is 0 Å². The molecule has 5 nitrogen and oxygen atoms in total. The second-order valence-corrected chi connectivity index (χ2v) is 6.12. The molecule has 1 fully saturated rings. The summed E-state index contributed by atoms with van der Waals surface area (Å²) in [5, 5.41) is 12.5. The number of hydrogen-bond acceptors (Lipinski definition) is 3. The highest BCUT2D eigenvalue weighted by Crippen LogP contribution is 2.20. The maximum atomic E-state index is 12.9. The number of carbonyl (C=O) groups is 1. The Morgan fingerprint density at radius 3 is 2.84 bits per heavy atom. The van der Waals surface area contributed by atoms with Crippen molar-refractivity contribution in [1.82, 2.24) is 4.90 Å². The lowest BCUT2D eigenvalue weighted by molar-refractivity contribution is 0.0883. The molecule has 1 unspecified atom stereocenters. The van der Waals surface area contributed by atoms with E-state index in [1.54, 1.807) is 41.3 Å². The van der Waals surface area contributed by atoms with Gasteiger partial charge in [-0.3, -0.25) is 0 Å². The van der Waals surface area contributed by atoms with Gasteiger partial charge >= 0.3 is 6.03 Å². The Kier molecular flexibility index (Phi) is 5.50. The summed E-state index contributed by atoms with van der Waals surface area (Å²) in [5.41, 5.74) is 1.49. The van der Waals surface area contributed by atoms with Crippen LogP contribution in [0.5, 0.6) is 5.75 Å². The van der Waals surface area contributed by atoms with E-state index >= 15 is 0 Å². The van der Waals surface area contributed by atoms with Crippen LogP contribution in [0.3, 0.4) is 0 Å². The van der Waals surface area contributed by atoms with Crippen LogP contribution < -0.4 is 10.1 Å². The molecule has 0 aliphatic carbocycles. The van der Waals surface area contributed by atoms with E-state index in [-0.39, 0.29) is 11.8 Å². The summed E-state index contributed by atoms with van der Waals surface area (Å²) < 4.78 is 18.6. The number of aliphatic hydroxyl groups is 1. The Bertz CT molecular complexity index is 721. The summed E-state index contributed by atoms with van der Waals surface area (Å²) in [7, 11) is 0. The fourth-order valence-corrected chi connectivity index (χ4v) is 2.75. The second kappa shape index (κ2) is 7.98. The minimum absolute atomic E-state index is 0.227. The number of nitrogens with zero attached hydrogens (tertiary/aromatic N) is 1. The number of aliphatic hydroxyl groups excluding tert-OH is 1. The van der Waals surface area contributed by atoms with Crippen LogP contribution >= 0.6 is 0 Å². The predicted molar refractivity (Wildman–Crippen MR) is 93.0 cm³/mol. The first-order valence-electron chi connectivity index (χ1n) is 8.31. The highest BCUT2D eigenvalue weighted by molar-refractivity contribution is 5.89. The van der Waals surface area contributed by atoms with Crippen LogP contribution in [0.1, 0.15) is 18.4 Å². The number of piperidine rings is 1. The number of urea groups is 1. The van der Waals surface area contributed by atoms with Gasteiger partial charge in [-0.25, -0.2) is 9.18 Å². The van der Waals surface area contributed by atoms with E-state index in [1.807, 2.05) is 0 Å². The molecular formula is C19H21FN2O3. The number of rotatable bonds is 4. The minimum Gasteiger partial charge on any atom is -0.489 e. The molecule has 0 spiro atoms. The Hall–Kier alpha value is -2.60. The number of likely N-dealkylation sites (tertiary alicyclic amines) is 1. The van der Waals surface area contributed by atoms with E-state index < -0.39 is 6.10 Å². The molecule has 25 heavy (non-hydrogen) atoms. The van der Waals surface area contributed by atoms with Gasteiger partial charge in [-0.2, -0.15) is 0 Å². The fourth-order valence-electron chi connectivity index (χ4n) is 2.75. The topological polar surface area (TPSA) is 61.8 Å². The molecule has 2 aromatic rings. The maximum absolute atomic E-state index is 12.9. The Labute approximate surface area is 146 Å². The number of carbonyl (C=O) groups excluding carboxylic acids is 1. The molecular weight excluding hydrogens is 323 g/mol. The molecule has 2 aromatic carbocycles. The SMILES string of the molecule is O=C(Nc1cccc(OCc2ccc(F)cc2)c1)N1CCCC(O)C1. The molecule has 0 radical (unpaired) electrons. The maximum Gasteiger partial charge on any atom is 0.321 e. The average Bonchev–Trinajstić information content (AvgIpc) is 2.61. The quantitative estimate of drug-likeness (QED) is 0.894. The van der Waals surface area contributed by atoms with Crippen molar-refractivity contribution in [3.05, 3.63) is 59.9 Å². The van der Waals surface area contributed by atoms with Crippen LogP contribution in [0.4, 0.5) is 14.9 Å². The Morgan fingerprint density at radius 2 is 2.08 bits per heavy atom. The van der Waals surface area contributed by atoms with E-state index in [0.29, 0.717) is 31.1 Å². The molecule has 1 aliphatic rings. The normalized spacial score (nSPS) is 17.2. The number of β-amino-alcohol motifs (C(OH)–C–C–N with tert-alkyl or cyclic N) is 1. The second-order valence-electron chi connectivity index (χ2n) is 6.12. The highest BCUT2D eigenvalue weighted by Gasteiger charge is 2.22. The molecule has 132 valence electrons. The zero-order chi connectivity index (χ0) is 17.6. The zero-order valence-corrected chi connectivity index (χ0v) is 13.8. The van der Waals surface area contributed by atoms with Gasteiger partial charge in [0.25, 0.3) is 0 Å². The Morgan fingerprint density at radius 1 is 1.28 bits per heavy atom. The number of benzene rings is 2. The van der Waals surface area contributed by atoms with Gasteiger partial charge in [0.05, 0.1) is 6.10 Å². The minimum atomic E-state index is -0.454. The van der Waals surface area contributed by atoms with Gasteiger partial charge in [0.2, 0.25) is 0 Å². The lowest BCUT2D eigenvalue weighted by atomic mass is 10.1. The third kappa shape index (κ3) is 4.93. The third-order valence-corrected chi connectivity index (χ3v) is 4.09. The van der Waals surface area contributed by atoms with Crippen molar-refractivity contribution in [2.24, 2.45) is 0 Å². The first kappa shape index (κ1) is 17.2. The lowest BCUT2D eigenvalue weighted by Gasteiger charge is -2.30. The molecule has 0 aromatic heterocycles. The first-order chi connectivity index (χ1) is 12.1. The molecule has 2 amide bonds. The summed E-state index contributed by atoms with van der Waals surface area (Å²) in [4.78, 5) is 13.9. The smallest absolute Gasteiger partial charge is 0.321 e. The van der Waals surface area contributed by atoms with E-state index in [0.717, 1.165) is 18.4 Å². The van der Waals surface area contributed by atoms with Crippen molar-refractivity contribution in [3.63, 3.8) is 0 Å². The molecule has 0 bridgehead atoms.